The predicted octanol–water partition coefficient (Wildman–Crippen LogP) is 8.49. The van der Waals surface area contributed by atoms with Crippen LogP contribution < -0.4 is 0 Å². The van der Waals surface area contributed by atoms with Gasteiger partial charge < -0.3 is 5.01 Å². The average Bonchev–Trinajstić information content (AvgIpc) is 2.87. The minimum Gasteiger partial charge on any atom is -0.303 e. The molecular weight excluding hydrogens is 436 g/mol. The van der Waals surface area contributed by atoms with Gasteiger partial charge in [0, 0.05) is 19.7 Å². The number of hydrogen-bond acceptors (Lipinski definition) is 2. The Morgan fingerprint density at radius 1 is 0.778 bits per heavy atom. The van der Waals surface area contributed by atoms with Gasteiger partial charge in [-0.05, 0) is 105 Å². The van der Waals surface area contributed by atoms with Crippen molar-refractivity contribution in [2.75, 3.05) is 14.1 Å². The van der Waals surface area contributed by atoms with Crippen molar-refractivity contribution in [1.29, 1.82) is 0 Å². The highest BCUT2D eigenvalue weighted by Crippen LogP contribution is 2.34. The summed E-state index contributed by atoms with van der Waals surface area (Å²) < 4.78 is 0. The van der Waals surface area contributed by atoms with Gasteiger partial charge >= 0.3 is 0 Å². The van der Waals surface area contributed by atoms with Crippen LogP contribution in [0, 0.1) is 18.8 Å². The Morgan fingerprint density at radius 2 is 1.33 bits per heavy atom. The van der Waals surface area contributed by atoms with Crippen LogP contribution in [-0.4, -0.2) is 24.8 Å². The molecule has 0 aromatic heterocycles. The van der Waals surface area contributed by atoms with Gasteiger partial charge in [-0.3, -0.25) is 0 Å². The molecule has 0 amide bonds. The van der Waals surface area contributed by atoms with Crippen LogP contribution in [-0.2, 0) is 19.3 Å². The van der Waals surface area contributed by atoms with E-state index in [0.717, 1.165) is 17.5 Å². The maximum absolute atomic E-state index is 4.75. The van der Waals surface area contributed by atoms with E-state index in [4.69, 9.17) is 5.10 Å². The molecule has 1 aliphatic rings. The van der Waals surface area contributed by atoms with Crippen LogP contribution in [0.1, 0.15) is 73.8 Å². The normalized spacial score (nSPS) is 18.3. The van der Waals surface area contributed by atoms with E-state index in [9.17, 15) is 0 Å². The lowest BCUT2D eigenvalue weighted by Crippen LogP contribution is -2.18. The van der Waals surface area contributed by atoms with Crippen molar-refractivity contribution in [1.82, 2.24) is 5.01 Å². The van der Waals surface area contributed by atoms with Crippen molar-refractivity contribution < 1.29 is 0 Å². The summed E-state index contributed by atoms with van der Waals surface area (Å²) in [6.45, 7) is 6.53. The van der Waals surface area contributed by atoms with E-state index in [1.54, 1.807) is 0 Å². The average molecular weight is 481 g/mol. The minimum absolute atomic E-state index is 0.789. The van der Waals surface area contributed by atoms with Gasteiger partial charge in [0.2, 0.25) is 0 Å². The van der Waals surface area contributed by atoms with Gasteiger partial charge in [-0.1, -0.05) is 79.6 Å². The van der Waals surface area contributed by atoms with Gasteiger partial charge in [-0.2, -0.15) is 5.10 Å². The highest BCUT2D eigenvalue weighted by molar-refractivity contribution is 6.04. The molecule has 0 radical (unpaired) electrons. The van der Waals surface area contributed by atoms with Gasteiger partial charge in [-0.15, -0.1) is 0 Å². The summed E-state index contributed by atoms with van der Waals surface area (Å²) in [6, 6.07) is 25.3. The Hall–Kier alpha value is -2.87. The monoisotopic (exact) mass is 480 g/mol. The zero-order valence-electron chi connectivity index (χ0n) is 23.1. The lowest BCUT2D eigenvalue weighted by atomic mass is 9.77. The van der Waals surface area contributed by atoms with Crippen molar-refractivity contribution in [3.05, 3.63) is 94.5 Å². The molecule has 36 heavy (non-hydrogen) atoms. The fourth-order valence-electron chi connectivity index (χ4n) is 5.79. The van der Waals surface area contributed by atoms with Crippen molar-refractivity contribution in [2.45, 2.75) is 72.1 Å². The van der Waals surface area contributed by atoms with Gasteiger partial charge in [0.25, 0.3) is 0 Å². The smallest absolute Gasteiger partial charge is 0.0652 e. The molecule has 3 aromatic rings. The van der Waals surface area contributed by atoms with Gasteiger partial charge in [0.1, 0.15) is 0 Å². The largest absolute Gasteiger partial charge is 0.303 e. The van der Waals surface area contributed by atoms with Crippen molar-refractivity contribution >= 4 is 5.71 Å². The Bertz CT molecular complexity index is 1130. The summed E-state index contributed by atoms with van der Waals surface area (Å²) in [7, 11) is 3.99. The third-order valence-corrected chi connectivity index (χ3v) is 7.76. The molecule has 0 atom stereocenters. The van der Waals surface area contributed by atoms with Crippen LogP contribution >= 0.6 is 0 Å². The lowest BCUT2D eigenvalue weighted by molar-refractivity contribution is 0.272. The Balaban J connectivity index is 1.41. The molecule has 4 rings (SSSR count). The van der Waals surface area contributed by atoms with Gasteiger partial charge in [-0.25, -0.2) is 0 Å². The Labute approximate surface area is 219 Å². The number of hydrazone groups is 1. The summed E-state index contributed by atoms with van der Waals surface area (Å²) in [6.07, 6.45) is 10.2. The van der Waals surface area contributed by atoms with Gasteiger partial charge in [0.15, 0.2) is 0 Å². The molecule has 190 valence electrons. The first-order valence-electron chi connectivity index (χ1n) is 13.9. The van der Waals surface area contributed by atoms with E-state index in [-0.39, 0.29) is 0 Å². The number of benzene rings is 3. The third kappa shape index (κ3) is 7.09. The van der Waals surface area contributed by atoms with Crippen LogP contribution in [0.5, 0.6) is 0 Å². The first-order chi connectivity index (χ1) is 17.4. The van der Waals surface area contributed by atoms with Crippen molar-refractivity contribution in [3.63, 3.8) is 0 Å². The summed E-state index contributed by atoms with van der Waals surface area (Å²) in [5.74, 6) is 1.63. The van der Waals surface area contributed by atoms with Gasteiger partial charge in [0.05, 0.1) is 5.71 Å². The van der Waals surface area contributed by atoms with E-state index in [1.807, 2.05) is 19.1 Å². The van der Waals surface area contributed by atoms with Crippen LogP contribution in [0.4, 0.5) is 0 Å². The van der Waals surface area contributed by atoms with E-state index in [1.165, 1.54) is 90.3 Å². The summed E-state index contributed by atoms with van der Waals surface area (Å²) >= 11 is 0. The first-order valence-corrected chi connectivity index (χ1v) is 13.9. The summed E-state index contributed by atoms with van der Waals surface area (Å²) in [5, 5.41) is 6.66. The molecule has 0 heterocycles. The van der Waals surface area contributed by atoms with Crippen LogP contribution in [0.15, 0.2) is 71.8 Å². The SMILES string of the molecule is CCCc1ccc(CC2CCC(Cc3ccc(-c4ccc(C)cc4)c(/C(C)=N/N(C)C)c3)CC2)cc1. The molecule has 2 heteroatoms. The fourth-order valence-corrected chi connectivity index (χ4v) is 5.79. The second-order valence-electron chi connectivity index (χ2n) is 11.1. The topological polar surface area (TPSA) is 15.6 Å². The number of rotatable bonds is 9. The quantitative estimate of drug-likeness (QED) is 0.221. The third-order valence-electron chi connectivity index (χ3n) is 7.76. The van der Waals surface area contributed by atoms with Crippen LogP contribution in [0.3, 0.4) is 0 Å². The zero-order valence-corrected chi connectivity index (χ0v) is 23.1. The van der Waals surface area contributed by atoms with Crippen LogP contribution in [0.2, 0.25) is 0 Å². The highest BCUT2D eigenvalue weighted by atomic mass is 15.4. The number of aryl methyl sites for hydroxylation is 2. The molecule has 1 aliphatic carbocycles. The van der Waals surface area contributed by atoms with E-state index < -0.39 is 0 Å². The molecule has 0 spiro atoms. The summed E-state index contributed by atoms with van der Waals surface area (Å²) in [4.78, 5) is 0. The van der Waals surface area contributed by atoms with Crippen molar-refractivity contribution in [3.8, 4) is 11.1 Å². The van der Waals surface area contributed by atoms with Crippen molar-refractivity contribution in [2.24, 2.45) is 16.9 Å². The zero-order chi connectivity index (χ0) is 25.5. The molecule has 0 bridgehead atoms. The Kier molecular flexibility index (Phi) is 9.02. The maximum atomic E-state index is 4.75. The second-order valence-corrected chi connectivity index (χ2v) is 11.1. The molecule has 3 aromatic carbocycles. The standard InChI is InChI=1S/C34H44N2/c1-6-7-27-10-12-28(13-11-27)22-29-14-16-30(17-15-29)23-31-18-21-33(32-19-8-25(2)9-20-32)34(24-31)26(3)35-36(4)5/h8-13,18-21,24,29-30H,6-7,14-17,22-23H2,1-5H3/b35-26+. The maximum Gasteiger partial charge on any atom is 0.0652 e. The minimum atomic E-state index is 0.789. The fraction of sp³-hybridized carbons (Fsp3) is 0.441. The Morgan fingerprint density at radius 3 is 1.92 bits per heavy atom. The molecular formula is C34H44N2. The van der Waals surface area contributed by atoms with Crippen LogP contribution in [0.25, 0.3) is 11.1 Å². The molecule has 1 fully saturated rings. The highest BCUT2D eigenvalue weighted by Gasteiger charge is 2.22. The van der Waals surface area contributed by atoms with E-state index >= 15 is 0 Å². The van der Waals surface area contributed by atoms with E-state index in [0.29, 0.717) is 0 Å². The number of hydrogen-bond donors (Lipinski definition) is 0. The summed E-state index contributed by atoms with van der Waals surface area (Å²) in [5.41, 5.74) is 10.6. The molecule has 0 aliphatic heterocycles. The molecule has 0 unspecified atom stereocenters. The van der Waals surface area contributed by atoms with E-state index in [2.05, 4.69) is 87.5 Å². The first kappa shape index (κ1) is 26.2. The second kappa shape index (κ2) is 12.4. The molecule has 1 saturated carbocycles. The molecule has 2 nitrogen and oxygen atoms in total. The molecule has 0 N–H and O–H groups in total. The number of nitrogens with zero attached hydrogens (tertiary/aromatic N) is 2. The molecule has 0 saturated heterocycles. The lowest BCUT2D eigenvalue weighted by Gasteiger charge is -2.29. The predicted molar refractivity (Wildman–Crippen MR) is 156 cm³/mol.